The smallest absolute Gasteiger partial charge is 0.340 e. The summed E-state index contributed by atoms with van der Waals surface area (Å²) in [5.74, 6) is -0.388. The molecule has 0 aliphatic carbocycles. The van der Waals surface area contributed by atoms with Gasteiger partial charge < -0.3 is 4.74 Å². The summed E-state index contributed by atoms with van der Waals surface area (Å²) in [5.41, 5.74) is 8.49. The van der Waals surface area contributed by atoms with Crippen molar-refractivity contribution in [1.82, 2.24) is 5.73 Å². The van der Waals surface area contributed by atoms with Gasteiger partial charge in [0, 0.05) is 5.56 Å². The molecule has 0 saturated carbocycles. The normalized spacial score (nSPS) is 21.2. The van der Waals surface area contributed by atoms with E-state index in [2.05, 4.69) is 4.74 Å². The summed E-state index contributed by atoms with van der Waals surface area (Å²) in [6.45, 7) is 0. The van der Waals surface area contributed by atoms with Crippen LogP contribution in [-0.4, -0.2) is 5.97 Å². The number of cyclic esters (lactones) is 1. The van der Waals surface area contributed by atoms with Crippen LogP contribution in [0.2, 0.25) is 0 Å². The molecule has 1 heterocycles. The standard InChI is InChI=1S/C8H6NO2/c9-7-5-3-1-2-4-6(5)8(10)11-7/h1-4,7,9H. The topological polar surface area (TPSA) is 50.1 Å². The fourth-order valence-corrected chi connectivity index (χ4v) is 1.15. The summed E-state index contributed by atoms with van der Waals surface area (Å²) in [4.78, 5) is 10.9. The SMILES string of the molecule is [NH]C1OC(=O)c2ccccc21. The van der Waals surface area contributed by atoms with E-state index >= 15 is 0 Å². The van der Waals surface area contributed by atoms with E-state index in [-0.39, 0.29) is 5.97 Å². The zero-order chi connectivity index (χ0) is 7.84. The summed E-state index contributed by atoms with van der Waals surface area (Å²) in [7, 11) is 0. The van der Waals surface area contributed by atoms with Crippen molar-refractivity contribution < 1.29 is 9.53 Å². The number of esters is 1. The predicted octanol–water partition coefficient (Wildman–Crippen LogP) is 1.14. The molecule has 1 aromatic carbocycles. The van der Waals surface area contributed by atoms with Gasteiger partial charge in [-0.25, -0.2) is 10.5 Å². The second-order valence-corrected chi connectivity index (χ2v) is 2.37. The molecule has 3 heteroatoms. The van der Waals surface area contributed by atoms with Crippen molar-refractivity contribution in [3.63, 3.8) is 0 Å². The predicted molar refractivity (Wildman–Crippen MR) is 37.7 cm³/mol. The molecular weight excluding hydrogens is 142 g/mol. The Morgan fingerprint density at radius 2 is 2.09 bits per heavy atom. The third-order valence-corrected chi connectivity index (χ3v) is 1.69. The van der Waals surface area contributed by atoms with Gasteiger partial charge >= 0.3 is 5.97 Å². The minimum absolute atomic E-state index is 0.388. The highest BCUT2D eigenvalue weighted by atomic mass is 16.6. The van der Waals surface area contributed by atoms with Gasteiger partial charge in [0.05, 0.1) is 5.56 Å². The van der Waals surface area contributed by atoms with Crippen LogP contribution in [0.5, 0.6) is 0 Å². The number of ether oxygens (including phenoxy) is 1. The maximum atomic E-state index is 10.9. The Bertz CT molecular complexity index is 309. The number of carbonyl (C=O) groups is 1. The van der Waals surface area contributed by atoms with Crippen LogP contribution < -0.4 is 5.73 Å². The molecule has 1 unspecified atom stereocenters. The molecule has 1 aromatic rings. The number of carbonyl (C=O) groups excluding carboxylic acids is 1. The molecule has 1 aliphatic heterocycles. The van der Waals surface area contributed by atoms with E-state index in [1.807, 2.05) is 0 Å². The molecule has 1 aliphatic rings. The number of hydrogen-bond donors (Lipinski definition) is 0. The van der Waals surface area contributed by atoms with Crippen molar-refractivity contribution in [2.24, 2.45) is 0 Å². The third kappa shape index (κ3) is 0.816. The number of benzene rings is 1. The van der Waals surface area contributed by atoms with Crippen molar-refractivity contribution in [2.75, 3.05) is 0 Å². The first-order valence-electron chi connectivity index (χ1n) is 3.30. The zero-order valence-electron chi connectivity index (χ0n) is 5.70. The van der Waals surface area contributed by atoms with Gasteiger partial charge in [-0.15, -0.1) is 0 Å². The molecule has 0 saturated heterocycles. The summed E-state index contributed by atoms with van der Waals surface area (Å²) >= 11 is 0. The van der Waals surface area contributed by atoms with Gasteiger partial charge in [-0.3, -0.25) is 0 Å². The third-order valence-electron chi connectivity index (χ3n) is 1.69. The lowest BCUT2D eigenvalue weighted by Gasteiger charge is -1.98. The van der Waals surface area contributed by atoms with E-state index in [0.29, 0.717) is 11.1 Å². The molecule has 0 fully saturated rings. The molecule has 1 N–H and O–H groups in total. The van der Waals surface area contributed by atoms with Crippen LogP contribution in [0.25, 0.3) is 0 Å². The molecule has 11 heavy (non-hydrogen) atoms. The second kappa shape index (κ2) is 2.07. The highest BCUT2D eigenvalue weighted by Gasteiger charge is 2.27. The quantitative estimate of drug-likeness (QED) is 0.518. The first-order chi connectivity index (χ1) is 5.29. The van der Waals surface area contributed by atoms with Crippen molar-refractivity contribution >= 4 is 5.97 Å². The maximum Gasteiger partial charge on any atom is 0.340 e. The van der Waals surface area contributed by atoms with Crippen LogP contribution in [0, 0.1) is 0 Å². The summed E-state index contributed by atoms with van der Waals surface area (Å²) in [6.07, 6.45) is -0.821. The van der Waals surface area contributed by atoms with E-state index < -0.39 is 6.23 Å². The Kier molecular flexibility index (Phi) is 1.20. The van der Waals surface area contributed by atoms with E-state index in [1.54, 1.807) is 24.3 Å². The Morgan fingerprint density at radius 3 is 2.82 bits per heavy atom. The van der Waals surface area contributed by atoms with Gasteiger partial charge in [0.1, 0.15) is 0 Å². The Morgan fingerprint density at radius 1 is 1.36 bits per heavy atom. The number of fused-ring (bicyclic) bond motifs is 1. The van der Waals surface area contributed by atoms with Gasteiger partial charge in [-0.1, -0.05) is 18.2 Å². The highest BCUT2D eigenvalue weighted by molar-refractivity contribution is 5.93. The van der Waals surface area contributed by atoms with Crippen LogP contribution in [0.4, 0.5) is 0 Å². The number of rotatable bonds is 0. The Balaban J connectivity index is 2.60. The van der Waals surface area contributed by atoms with E-state index in [9.17, 15) is 4.79 Å². The monoisotopic (exact) mass is 148 g/mol. The molecule has 1 radical (unpaired) electrons. The average Bonchev–Trinajstić information content (AvgIpc) is 2.30. The van der Waals surface area contributed by atoms with Crippen molar-refractivity contribution in [2.45, 2.75) is 6.23 Å². The van der Waals surface area contributed by atoms with Gasteiger partial charge in [-0.05, 0) is 6.07 Å². The molecule has 0 spiro atoms. The molecule has 3 nitrogen and oxygen atoms in total. The van der Waals surface area contributed by atoms with Crippen LogP contribution >= 0.6 is 0 Å². The molecule has 0 bridgehead atoms. The first kappa shape index (κ1) is 6.37. The molecule has 1 atom stereocenters. The molecular formula is C8H6NO2. The van der Waals surface area contributed by atoms with Gasteiger partial charge in [0.15, 0.2) is 6.23 Å². The van der Waals surface area contributed by atoms with Crippen LogP contribution in [0.3, 0.4) is 0 Å². The molecule has 0 amide bonds. The highest BCUT2D eigenvalue weighted by Crippen LogP contribution is 2.26. The number of nitrogens with one attached hydrogen (secondary N) is 1. The number of hydrogen-bond acceptors (Lipinski definition) is 2. The lowest BCUT2D eigenvalue weighted by molar-refractivity contribution is 0.0384. The van der Waals surface area contributed by atoms with E-state index in [4.69, 9.17) is 5.73 Å². The van der Waals surface area contributed by atoms with Gasteiger partial charge in [0.25, 0.3) is 0 Å². The van der Waals surface area contributed by atoms with Crippen molar-refractivity contribution in [1.29, 1.82) is 0 Å². The molecule has 55 valence electrons. The first-order valence-corrected chi connectivity index (χ1v) is 3.30. The van der Waals surface area contributed by atoms with E-state index in [0.717, 1.165) is 0 Å². The van der Waals surface area contributed by atoms with Crippen molar-refractivity contribution in [3.8, 4) is 0 Å². The van der Waals surface area contributed by atoms with Gasteiger partial charge in [-0.2, -0.15) is 0 Å². The summed E-state index contributed by atoms with van der Waals surface area (Å²) in [6, 6.07) is 6.96. The maximum absolute atomic E-state index is 10.9. The lowest BCUT2D eigenvalue weighted by Crippen LogP contribution is -1.97. The largest absolute Gasteiger partial charge is 0.437 e. The zero-order valence-corrected chi connectivity index (χ0v) is 5.70. The molecule has 0 aromatic heterocycles. The minimum atomic E-state index is -0.821. The van der Waals surface area contributed by atoms with Crippen LogP contribution in [0.1, 0.15) is 22.1 Å². The summed E-state index contributed by atoms with van der Waals surface area (Å²) in [5, 5.41) is 0. The summed E-state index contributed by atoms with van der Waals surface area (Å²) < 4.78 is 4.66. The van der Waals surface area contributed by atoms with E-state index in [1.165, 1.54) is 0 Å². The molecule has 2 rings (SSSR count). The average molecular weight is 148 g/mol. The van der Waals surface area contributed by atoms with Gasteiger partial charge in [0.2, 0.25) is 0 Å². The van der Waals surface area contributed by atoms with Crippen molar-refractivity contribution in [3.05, 3.63) is 35.4 Å². The fourth-order valence-electron chi connectivity index (χ4n) is 1.15. The van der Waals surface area contributed by atoms with Crippen LogP contribution in [0.15, 0.2) is 24.3 Å². The Hall–Kier alpha value is -1.35. The fraction of sp³-hybridized carbons (Fsp3) is 0.125. The lowest BCUT2D eigenvalue weighted by atomic mass is 10.1. The minimum Gasteiger partial charge on any atom is -0.437 e. The second-order valence-electron chi connectivity index (χ2n) is 2.37. The Labute approximate surface area is 63.8 Å². The van der Waals surface area contributed by atoms with Crippen LogP contribution in [-0.2, 0) is 4.74 Å².